The Labute approximate surface area is 130 Å². The van der Waals surface area contributed by atoms with Crippen LogP contribution < -0.4 is 5.32 Å². The maximum Gasteiger partial charge on any atom is 0.274 e. The van der Waals surface area contributed by atoms with Gasteiger partial charge in [-0.05, 0) is 37.6 Å². The molecular weight excluding hydrogens is 339 g/mol. The highest BCUT2D eigenvalue weighted by Crippen LogP contribution is 2.29. The Morgan fingerprint density at radius 2 is 2.00 bits per heavy atom. The minimum atomic E-state index is -0.404. The summed E-state index contributed by atoms with van der Waals surface area (Å²) < 4.78 is 13.8. The number of hydrogen-bond donors (Lipinski definition) is 1. The van der Waals surface area contributed by atoms with E-state index in [-0.39, 0.29) is 17.5 Å². The van der Waals surface area contributed by atoms with Gasteiger partial charge in [0.2, 0.25) is 0 Å². The van der Waals surface area contributed by atoms with Gasteiger partial charge in [0.05, 0.1) is 4.92 Å². The Morgan fingerprint density at radius 3 is 2.62 bits per heavy atom. The van der Waals surface area contributed by atoms with E-state index in [2.05, 4.69) is 21.2 Å². The third-order valence-electron chi connectivity index (χ3n) is 3.22. The monoisotopic (exact) mass is 352 g/mol. The van der Waals surface area contributed by atoms with E-state index in [1.807, 2.05) is 6.92 Å². The van der Waals surface area contributed by atoms with Crippen LogP contribution in [0.3, 0.4) is 0 Å². The number of nitro groups is 1. The van der Waals surface area contributed by atoms with Crippen molar-refractivity contribution in [1.29, 1.82) is 0 Å². The van der Waals surface area contributed by atoms with E-state index < -0.39 is 4.92 Å². The van der Waals surface area contributed by atoms with Crippen LogP contribution in [-0.2, 0) is 0 Å². The van der Waals surface area contributed by atoms with Gasteiger partial charge in [0, 0.05) is 27.8 Å². The molecule has 4 nitrogen and oxygen atoms in total. The summed E-state index contributed by atoms with van der Waals surface area (Å²) in [6.07, 6.45) is 0. The van der Waals surface area contributed by atoms with Gasteiger partial charge >= 0.3 is 0 Å². The maximum absolute atomic E-state index is 13.1. The molecule has 21 heavy (non-hydrogen) atoms. The number of nitrogens with one attached hydrogen (secondary N) is 1. The van der Waals surface area contributed by atoms with Crippen LogP contribution in [0.4, 0.5) is 15.8 Å². The summed E-state index contributed by atoms with van der Waals surface area (Å²) in [5.41, 5.74) is 2.21. The molecule has 0 saturated carbocycles. The Balaban J connectivity index is 2.25. The van der Waals surface area contributed by atoms with Crippen LogP contribution in [0.15, 0.2) is 40.9 Å². The molecule has 0 saturated heterocycles. The first kappa shape index (κ1) is 15.4. The summed E-state index contributed by atoms with van der Waals surface area (Å²) in [7, 11) is 0. The van der Waals surface area contributed by atoms with Crippen LogP contribution in [0.2, 0.25) is 0 Å². The van der Waals surface area contributed by atoms with E-state index in [0.717, 1.165) is 5.56 Å². The number of anilines is 1. The molecule has 1 N–H and O–H groups in total. The third-order valence-corrected chi connectivity index (χ3v) is 3.90. The zero-order valence-electron chi connectivity index (χ0n) is 11.6. The van der Waals surface area contributed by atoms with Crippen molar-refractivity contribution in [3.8, 4) is 0 Å². The van der Waals surface area contributed by atoms with E-state index >= 15 is 0 Å². The molecule has 2 aromatic rings. The van der Waals surface area contributed by atoms with Gasteiger partial charge in [-0.3, -0.25) is 10.1 Å². The quantitative estimate of drug-likeness (QED) is 0.623. The standard InChI is InChI=1S/C15H14BrFN2O2/c1-9-3-5-12(8-15(9)19(20)21)18-10(2)13-6-4-11(17)7-14(13)16/h3-8,10,18H,1-2H3. The van der Waals surface area contributed by atoms with Crippen LogP contribution >= 0.6 is 15.9 Å². The summed E-state index contributed by atoms with van der Waals surface area (Å²) in [6.45, 7) is 3.60. The van der Waals surface area contributed by atoms with E-state index in [0.29, 0.717) is 15.7 Å². The Hall–Kier alpha value is -1.95. The van der Waals surface area contributed by atoms with Crippen molar-refractivity contribution in [2.24, 2.45) is 0 Å². The van der Waals surface area contributed by atoms with Crippen molar-refractivity contribution in [2.75, 3.05) is 5.32 Å². The molecule has 0 amide bonds. The average Bonchev–Trinajstić information content (AvgIpc) is 2.40. The molecule has 0 fully saturated rings. The van der Waals surface area contributed by atoms with E-state index in [1.54, 1.807) is 25.1 Å². The number of benzene rings is 2. The molecule has 110 valence electrons. The lowest BCUT2D eigenvalue weighted by Crippen LogP contribution is -2.08. The first-order valence-electron chi connectivity index (χ1n) is 6.35. The molecule has 2 aromatic carbocycles. The second-order valence-electron chi connectivity index (χ2n) is 4.79. The largest absolute Gasteiger partial charge is 0.378 e. The molecule has 0 aromatic heterocycles. The van der Waals surface area contributed by atoms with Gasteiger partial charge in [0.15, 0.2) is 0 Å². The summed E-state index contributed by atoms with van der Waals surface area (Å²) in [5, 5.41) is 14.1. The van der Waals surface area contributed by atoms with Crippen molar-refractivity contribution >= 4 is 27.3 Å². The van der Waals surface area contributed by atoms with Crippen LogP contribution in [-0.4, -0.2) is 4.92 Å². The fraction of sp³-hybridized carbons (Fsp3) is 0.200. The SMILES string of the molecule is Cc1ccc(NC(C)c2ccc(F)cc2Br)cc1[N+](=O)[O-]. The first-order valence-corrected chi connectivity index (χ1v) is 7.14. The molecule has 0 aliphatic rings. The van der Waals surface area contributed by atoms with Crippen molar-refractivity contribution in [3.05, 3.63) is 67.9 Å². The molecule has 1 unspecified atom stereocenters. The number of halogens is 2. The third kappa shape index (κ3) is 3.58. The average molecular weight is 353 g/mol. The zero-order valence-corrected chi connectivity index (χ0v) is 13.1. The zero-order chi connectivity index (χ0) is 15.6. The number of rotatable bonds is 4. The van der Waals surface area contributed by atoms with E-state index in [9.17, 15) is 14.5 Å². The predicted octanol–water partition coefficient (Wildman–Crippen LogP) is 4.98. The molecular formula is C15H14BrFN2O2. The van der Waals surface area contributed by atoms with Crippen molar-refractivity contribution < 1.29 is 9.31 Å². The van der Waals surface area contributed by atoms with Gasteiger partial charge < -0.3 is 5.32 Å². The lowest BCUT2D eigenvalue weighted by Gasteiger charge is -2.17. The molecule has 1 atom stereocenters. The van der Waals surface area contributed by atoms with Gasteiger partial charge in [-0.15, -0.1) is 0 Å². The highest BCUT2D eigenvalue weighted by atomic mass is 79.9. The number of hydrogen-bond acceptors (Lipinski definition) is 3. The minimum Gasteiger partial charge on any atom is -0.378 e. The van der Waals surface area contributed by atoms with Crippen molar-refractivity contribution in [3.63, 3.8) is 0 Å². The molecule has 6 heteroatoms. The Morgan fingerprint density at radius 1 is 1.29 bits per heavy atom. The molecule has 0 bridgehead atoms. The van der Waals surface area contributed by atoms with Crippen LogP contribution in [0.5, 0.6) is 0 Å². The number of nitro benzene ring substituents is 1. The summed E-state index contributed by atoms with van der Waals surface area (Å²) in [5.74, 6) is -0.316. The smallest absolute Gasteiger partial charge is 0.274 e. The molecule has 0 aliphatic heterocycles. The highest BCUT2D eigenvalue weighted by molar-refractivity contribution is 9.10. The first-order chi connectivity index (χ1) is 9.88. The van der Waals surface area contributed by atoms with E-state index in [1.165, 1.54) is 18.2 Å². The summed E-state index contributed by atoms with van der Waals surface area (Å²) >= 11 is 3.32. The topological polar surface area (TPSA) is 55.2 Å². The fourth-order valence-corrected chi connectivity index (χ4v) is 2.77. The summed E-state index contributed by atoms with van der Waals surface area (Å²) in [4.78, 5) is 10.5. The number of nitrogens with zero attached hydrogens (tertiary/aromatic N) is 1. The van der Waals surface area contributed by atoms with Crippen LogP contribution in [0.1, 0.15) is 24.1 Å². The lowest BCUT2D eigenvalue weighted by atomic mass is 10.1. The molecule has 0 heterocycles. The van der Waals surface area contributed by atoms with E-state index in [4.69, 9.17) is 0 Å². The van der Waals surface area contributed by atoms with Crippen molar-refractivity contribution in [1.82, 2.24) is 0 Å². The van der Waals surface area contributed by atoms with Gasteiger partial charge in [0.1, 0.15) is 5.82 Å². The van der Waals surface area contributed by atoms with Gasteiger partial charge in [-0.25, -0.2) is 4.39 Å². The summed E-state index contributed by atoms with van der Waals surface area (Å²) in [6, 6.07) is 9.33. The Kier molecular flexibility index (Phi) is 4.57. The lowest BCUT2D eigenvalue weighted by molar-refractivity contribution is -0.385. The second kappa shape index (κ2) is 6.22. The normalized spacial score (nSPS) is 12.0. The predicted molar refractivity (Wildman–Crippen MR) is 84.0 cm³/mol. The Bertz CT molecular complexity index is 691. The molecule has 2 rings (SSSR count). The fourth-order valence-electron chi connectivity index (χ4n) is 2.08. The van der Waals surface area contributed by atoms with Crippen molar-refractivity contribution in [2.45, 2.75) is 19.9 Å². The van der Waals surface area contributed by atoms with Gasteiger partial charge in [0.25, 0.3) is 5.69 Å². The molecule has 0 spiro atoms. The van der Waals surface area contributed by atoms with Gasteiger partial charge in [-0.2, -0.15) is 0 Å². The molecule has 0 aliphatic carbocycles. The minimum absolute atomic E-state index is 0.0744. The number of aryl methyl sites for hydroxylation is 1. The van der Waals surface area contributed by atoms with Crippen LogP contribution in [0.25, 0.3) is 0 Å². The second-order valence-corrected chi connectivity index (χ2v) is 5.64. The van der Waals surface area contributed by atoms with Crippen LogP contribution in [0, 0.1) is 22.9 Å². The molecule has 0 radical (unpaired) electrons. The highest BCUT2D eigenvalue weighted by Gasteiger charge is 2.14. The maximum atomic E-state index is 13.1. The van der Waals surface area contributed by atoms with Gasteiger partial charge in [-0.1, -0.05) is 28.1 Å².